The summed E-state index contributed by atoms with van der Waals surface area (Å²) in [5.74, 6) is 0.173. The molecule has 1 aromatic carbocycles. The van der Waals surface area contributed by atoms with Gasteiger partial charge in [-0.15, -0.1) is 0 Å². The number of aryl methyl sites for hydroxylation is 4. The number of hydrogen-bond acceptors (Lipinski definition) is 4. The van der Waals surface area contributed by atoms with Crippen LogP contribution < -0.4 is 5.32 Å². The van der Waals surface area contributed by atoms with Crippen molar-refractivity contribution in [2.45, 2.75) is 27.7 Å². The van der Waals surface area contributed by atoms with E-state index in [1.54, 1.807) is 19.9 Å². The predicted octanol–water partition coefficient (Wildman–Crippen LogP) is 3.31. The highest BCUT2D eigenvalue weighted by Crippen LogP contribution is 2.17. The van der Waals surface area contributed by atoms with E-state index in [4.69, 9.17) is 9.15 Å². The van der Waals surface area contributed by atoms with Gasteiger partial charge < -0.3 is 14.5 Å². The van der Waals surface area contributed by atoms with Crippen LogP contribution in [0.4, 0.5) is 5.69 Å². The maximum absolute atomic E-state index is 11.9. The quantitative estimate of drug-likeness (QED) is 0.880. The maximum atomic E-state index is 11.9. The Morgan fingerprint density at radius 3 is 2.50 bits per heavy atom. The van der Waals surface area contributed by atoms with Gasteiger partial charge in [-0.2, -0.15) is 0 Å². The van der Waals surface area contributed by atoms with Gasteiger partial charge in [0.1, 0.15) is 17.1 Å². The van der Waals surface area contributed by atoms with Crippen LogP contribution in [-0.2, 0) is 9.53 Å². The van der Waals surface area contributed by atoms with Crippen molar-refractivity contribution in [3.63, 3.8) is 0 Å². The standard InChI is InChI=1S/C17H19NO4/c1-10-5-6-11(2)15(7-10)18-16(19)9-21-17(20)14-8-12(3)22-13(14)4/h5-8H,9H2,1-4H3,(H,18,19). The van der Waals surface area contributed by atoms with Crippen molar-refractivity contribution in [1.29, 1.82) is 0 Å². The maximum Gasteiger partial charge on any atom is 0.342 e. The van der Waals surface area contributed by atoms with Gasteiger partial charge in [-0.3, -0.25) is 4.79 Å². The molecule has 0 aliphatic rings. The number of rotatable bonds is 4. The molecule has 1 amide bonds. The van der Waals surface area contributed by atoms with Crippen molar-refractivity contribution in [2.75, 3.05) is 11.9 Å². The van der Waals surface area contributed by atoms with Crippen molar-refractivity contribution >= 4 is 17.6 Å². The molecule has 0 fully saturated rings. The fourth-order valence-corrected chi connectivity index (χ4v) is 2.10. The Labute approximate surface area is 129 Å². The zero-order chi connectivity index (χ0) is 16.3. The lowest BCUT2D eigenvalue weighted by Crippen LogP contribution is -2.21. The summed E-state index contributed by atoms with van der Waals surface area (Å²) in [5.41, 5.74) is 3.06. The molecule has 1 aromatic heterocycles. The molecule has 1 heterocycles. The summed E-state index contributed by atoms with van der Waals surface area (Å²) >= 11 is 0. The molecule has 0 bridgehead atoms. The molecular weight excluding hydrogens is 282 g/mol. The first kappa shape index (κ1) is 15.8. The third-order valence-corrected chi connectivity index (χ3v) is 3.26. The fraction of sp³-hybridized carbons (Fsp3) is 0.294. The van der Waals surface area contributed by atoms with Crippen LogP contribution in [0.1, 0.15) is 33.0 Å². The molecule has 5 nitrogen and oxygen atoms in total. The monoisotopic (exact) mass is 301 g/mol. The summed E-state index contributed by atoms with van der Waals surface area (Å²) in [5, 5.41) is 2.74. The van der Waals surface area contributed by atoms with Crippen molar-refractivity contribution in [1.82, 2.24) is 0 Å². The molecule has 0 aliphatic heterocycles. The molecule has 0 aliphatic carbocycles. The summed E-state index contributed by atoms with van der Waals surface area (Å²) in [6, 6.07) is 7.36. The SMILES string of the molecule is Cc1ccc(C)c(NC(=O)COC(=O)c2cc(C)oc2C)c1. The largest absolute Gasteiger partial charge is 0.466 e. The van der Waals surface area contributed by atoms with Gasteiger partial charge in [-0.1, -0.05) is 12.1 Å². The number of benzene rings is 1. The Kier molecular flexibility index (Phi) is 4.65. The van der Waals surface area contributed by atoms with E-state index in [9.17, 15) is 9.59 Å². The minimum atomic E-state index is -0.564. The average Bonchev–Trinajstić information content (AvgIpc) is 2.79. The number of nitrogens with one attached hydrogen (secondary N) is 1. The van der Waals surface area contributed by atoms with E-state index in [1.165, 1.54) is 0 Å². The molecule has 116 valence electrons. The topological polar surface area (TPSA) is 68.5 Å². The molecular formula is C17H19NO4. The molecule has 5 heteroatoms. The van der Waals surface area contributed by atoms with Crippen molar-refractivity contribution in [3.8, 4) is 0 Å². The van der Waals surface area contributed by atoms with Gasteiger partial charge in [0, 0.05) is 5.69 Å². The molecule has 0 radical (unpaired) electrons. The highest BCUT2D eigenvalue weighted by molar-refractivity contribution is 5.96. The van der Waals surface area contributed by atoms with Gasteiger partial charge in [0.2, 0.25) is 0 Å². The van der Waals surface area contributed by atoms with Crippen LogP contribution in [0.15, 0.2) is 28.7 Å². The predicted molar refractivity (Wildman–Crippen MR) is 83.0 cm³/mol. The number of amides is 1. The molecule has 22 heavy (non-hydrogen) atoms. The summed E-state index contributed by atoms with van der Waals surface area (Å²) in [4.78, 5) is 23.8. The zero-order valence-electron chi connectivity index (χ0n) is 13.1. The first-order chi connectivity index (χ1) is 10.4. The molecule has 2 rings (SSSR count). The number of ether oxygens (including phenoxy) is 1. The molecule has 2 aromatic rings. The minimum absolute atomic E-state index is 0.337. The lowest BCUT2D eigenvalue weighted by molar-refractivity contribution is -0.119. The Balaban J connectivity index is 1.94. The first-order valence-corrected chi connectivity index (χ1v) is 6.98. The molecule has 0 saturated heterocycles. The lowest BCUT2D eigenvalue weighted by atomic mass is 10.1. The summed E-state index contributed by atoms with van der Waals surface area (Å²) in [6.07, 6.45) is 0. The van der Waals surface area contributed by atoms with Crippen molar-refractivity contribution in [3.05, 3.63) is 52.5 Å². The number of furan rings is 1. The fourth-order valence-electron chi connectivity index (χ4n) is 2.10. The number of carbonyl (C=O) groups excluding carboxylic acids is 2. The van der Waals surface area contributed by atoms with E-state index in [2.05, 4.69) is 5.32 Å². The van der Waals surface area contributed by atoms with E-state index in [0.717, 1.165) is 16.8 Å². The van der Waals surface area contributed by atoms with Crippen LogP contribution in [0.3, 0.4) is 0 Å². The van der Waals surface area contributed by atoms with E-state index >= 15 is 0 Å². The number of anilines is 1. The Morgan fingerprint density at radius 2 is 1.86 bits per heavy atom. The van der Waals surface area contributed by atoms with Gasteiger partial charge in [0.15, 0.2) is 6.61 Å². The third kappa shape index (κ3) is 3.75. The number of carbonyl (C=O) groups is 2. The van der Waals surface area contributed by atoms with E-state index in [1.807, 2.05) is 32.0 Å². The van der Waals surface area contributed by atoms with Crippen molar-refractivity contribution in [2.24, 2.45) is 0 Å². The van der Waals surface area contributed by atoms with E-state index in [0.29, 0.717) is 17.1 Å². The highest BCUT2D eigenvalue weighted by atomic mass is 16.5. The Hall–Kier alpha value is -2.56. The second kappa shape index (κ2) is 6.47. The lowest BCUT2D eigenvalue weighted by Gasteiger charge is -2.09. The van der Waals surface area contributed by atoms with Gasteiger partial charge in [0.25, 0.3) is 5.91 Å². The second-order valence-corrected chi connectivity index (χ2v) is 5.27. The molecule has 0 atom stereocenters. The van der Waals surface area contributed by atoms with E-state index in [-0.39, 0.29) is 12.5 Å². The highest BCUT2D eigenvalue weighted by Gasteiger charge is 2.16. The molecule has 1 N–H and O–H groups in total. The van der Waals surface area contributed by atoms with Crippen LogP contribution in [0.2, 0.25) is 0 Å². The number of esters is 1. The zero-order valence-corrected chi connectivity index (χ0v) is 13.1. The van der Waals surface area contributed by atoms with Crippen LogP contribution in [0.25, 0.3) is 0 Å². The van der Waals surface area contributed by atoms with E-state index < -0.39 is 5.97 Å². The summed E-state index contributed by atoms with van der Waals surface area (Å²) < 4.78 is 10.3. The van der Waals surface area contributed by atoms with Crippen LogP contribution in [0.5, 0.6) is 0 Å². The minimum Gasteiger partial charge on any atom is -0.466 e. The molecule has 0 spiro atoms. The van der Waals surface area contributed by atoms with Gasteiger partial charge in [-0.05, 0) is 51.0 Å². The van der Waals surface area contributed by atoms with Crippen LogP contribution >= 0.6 is 0 Å². The first-order valence-electron chi connectivity index (χ1n) is 6.98. The normalized spacial score (nSPS) is 10.4. The molecule has 0 unspecified atom stereocenters. The van der Waals surface area contributed by atoms with Crippen molar-refractivity contribution < 1.29 is 18.7 Å². The smallest absolute Gasteiger partial charge is 0.342 e. The Morgan fingerprint density at radius 1 is 1.14 bits per heavy atom. The van der Waals surface area contributed by atoms with Gasteiger partial charge >= 0.3 is 5.97 Å². The third-order valence-electron chi connectivity index (χ3n) is 3.26. The van der Waals surface area contributed by atoms with Crippen LogP contribution in [0, 0.1) is 27.7 Å². The average molecular weight is 301 g/mol. The second-order valence-electron chi connectivity index (χ2n) is 5.27. The van der Waals surface area contributed by atoms with Gasteiger partial charge in [0.05, 0.1) is 0 Å². The van der Waals surface area contributed by atoms with Crippen LogP contribution in [-0.4, -0.2) is 18.5 Å². The summed E-state index contributed by atoms with van der Waals surface area (Å²) in [7, 11) is 0. The number of hydrogen-bond donors (Lipinski definition) is 1. The molecule has 0 saturated carbocycles. The Bertz CT molecular complexity index is 715. The van der Waals surface area contributed by atoms with Gasteiger partial charge in [-0.25, -0.2) is 4.79 Å². The summed E-state index contributed by atoms with van der Waals surface area (Å²) in [6.45, 7) is 6.93.